The van der Waals surface area contributed by atoms with E-state index >= 15 is 0 Å². The summed E-state index contributed by atoms with van der Waals surface area (Å²) in [6, 6.07) is 20.8. The summed E-state index contributed by atoms with van der Waals surface area (Å²) in [7, 11) is 0. The minimum atomic E-state index is -0.0126. The summed E-state index contributed by atoms with van der Waals surface area (Å²) in [6.45, 7) is 4.41. The fraction of sp³-hybridized carbons (Fsp3) is 0.517. The number of benzene rings is 2. The second kappa shape index (κ2) is 9.75. The molecule has 35 heavy (non-hydrogen) atoms. The zero-order valence-corrected chi connectivity index (χ0v) is 20.6. The minimum absolute atomic E-state index is 0.0126. The summed E-state index contributed by atoms with van der Waals surface area (Å²) >= 11 is 0. The Bertz CT molecular complexity index is 1160. The van der Waals surface area contributed by atoms with E-state index in [0.29, 0.717) is 31.3 Å². The molecule has 6 rings (SSSR count). The van der Waals surface area contributed by atoms with Crippen LogP contribution in [0.5, 0.6) is 0 Å². The standard InChI is InChI=1S/C29H36N4O2/c1-20-30-27-9-5-6-10-28(27)33(20)25-17-23-11-12-24(18-25)32(23)15-13-26(21-7-3-2-4-8-21)31-29(34)22-14-16-35-19-22/h2-10,22-26H,11-19H2,1H3,(H,31,34)/t22?,23-,24+,25-,26-/m0/s1. The van der Waals surface area contributed by atoms with E-state index < -0.39 is 0 Å². The lowest BCUT2D eigenvalue weighted by Gasteiger charge is -2.40. The number of aryl methyl sites for hydroxylation is 1. The third kappa shape index (κ3) is 4.50. The molecule has 2 aromatic carbocycles. The highest BCUT2D eigenvalue weighted by Gasteiger charge is 2.42. The van der Waals surface area contributed by atoms with E-state index in [1.807, 2.05) is 6.07 Å². The quantitative estimate of drug-likeness (QED) is 0.537. The first-order valence-electron chi connectivity index (χ1n) is 13.3. The number of rotatable bonds is 7. The lowest BCUT2D eigenvalue weighted by molar-refractivity contribution is -0.125. The Balaban J connectivity index is 1.15. The largest absolute Gasteiger partial charge is 0.381 e. The Hall–Kier alpha value is -2.70. The number of nitrogens with one attached hydrogen (secondary N) is 1. The molecule has 3 aliphatic rings. The van der Waals surface area contributed by atoms with Crippen LogP contribution < -0.4 is 5.32 Å². The topological polar surface area (TPSA) is 59.4 Å². The van der Waals surface area contributed by atoms with Crippen molar-refractivity contribution in [3.8, 4) is 0 Å². The van der Waals surface area contributed by atoms with Gasteiger partial charge in [-0.3, -0.25) is 9.69 Å². The summed E-state index contributed by atoms with van der Waals surface area (Å²) in [5, 5.41) is 3.37. The molecule has 6 nitrogen and oxygen atoms in total. The molecule has 3 aliphatic heterocycles. The molecule has 3 saturated heterocycles. The van der Waals surface area contributed by atoms with E-state index in [-0.39, 0.29) is 17.9 Å². The Kier molecular flexibility index (Phi) is 6.33. The van der Waals surface area contributed by atoms with Crippen LogP contribution in [0.15, 0.2) is 54.6 Å². The molecular weight excluding hydrogens is 436 g/mol. The van der Waals surface area contributed by atoms with Gasteiger partial charge in [0.25, 0.3) is 0 Å². The average molecular weight is 473 g/mol. The molecule has 0 spiro atoms. The maximum Gasteiger partial charge on any atom is 0.226 e. The van der Waals surface area contributed by atoms with Gasteiger partial charge in [-0.2, -0.15) is 0 Å². The number of imidazole rings is 1. The van der Waals surface area contributed by atoms with Crippen LogP contribution in [0.1, 0.15) is 62.0 Å². The Morgan fingerprint density at radius 3 is 2.51 bits per heavy atom. The van der Waals surface area contributed by atoms with Gasteiger partial charge in [0.2, 0.25) is 5.91 Å². The zero-order valence-electron chi connectivity index (χ0n) is 20.6. The Morgan fingerprint density at radius 2 is 1.77 bits per heavy atom. The van der Waals surface area contributed by atoms with Crippen molar-refractivity contribution in [2.75, 3.05) is 19.8 Å². The van der Waals surface area contributed by atoms with Crippen LogP contribution in [0.4, 0.5) is 0 Å². The summed E-state index contributed by atoms with van der Waals surface area (Å²) in [6.07, 6.45) is 6.67. The van der Waals surface area contributed by atoms with Gasteiger partial charge in [-0.25, -0.2) is 4.98 Å². The number of para-hydroxylation sites is 2. The average Bonchev–Trinajstić information content (AvgIpc) is 3.58. The number of hydrogen-bond acceptors (Lipinski definition) is 4. The molecule has 1 N–H and O–H groups in total. The smallest absolute Gasteiger partial charge is 0.226 e. The van der Waals surface area contributed by atoms with Crippen molar-refractivity contribution in [3.63, 3.8) is 0 Å². The molecule has 0 saturated carbocycles. The number of carbonyl (C=O) groups is 1. The van der Waals surface area contributed by atoms with Crippen LogP contribution >= 0.6 is 0 Å². The maximum atomic E-state index is 12.9. The van der Waals surface area contributed by atoms with Gasteiger partial charge in [-0.15, -0.1) is 0 Å². The third-order valence-electron chi connectivity index (χ3n) is 8.49. The number of hydrogen-bond donors (Lipinski definition) is 1. The van der Waals surface area contributed by atoms with Crippen LogP contribution in [0.2, 0.25) is 0 Å². The van der Waals surface area contributed by atoms with E-state index in [1.165, 1.54) is 36.8 Å². The predicted molar refractivity (Wildman–Crippen MR) is 137 cm³/mol. The number of fused-ring (bicyclic) bond motifs is 3. The highest BCUT2D eigenvalue weighted by Crippen LogP contribution is 2.42. The number of nitrogens with zero attached hydrogens (tertiary/aromatic N) is 3. The van der Waals surface area contributed by atoms with E-state index in [0.717, 1.165) is 30.7 Å². The number of piperidine rings is 1. The van der Waals surface area contributed by atoms with Crippen LogP contribution in [0.3, 0.4) is 0 Å². The van der Waals surface area contributed by atoms with Crippen molar-refractivity contribution < 1.29 is 9.53 Å². The lowest BCUT2D eigenvalue weighted by Crippen LogP contribution is -2.45. The molecule has 1 amide bonds. The molecule has 3 aromatic rings. The fourth-order valence-electron chi connectivity index (χ4n) is 6.76. The van der Waals surface area contributed by atoms with Crippen molar-refractivity contribution in [2.24, 2.45) is 5.92 Å². The van der Waals surface area contributed by atoms with Gasteiger partial charge in [0.05, 0.1) is 29.6 Å². The first-order valence-corrected chi connectivity index (χ1v) is 13.3. The van der Waals surface area contributed by atoms with E-state index in [9.17, 15) is 4.79 Å². The van der Waals surface area contributed by atoms with Gasteiger partial charge < -0.3 is 14.6 Å². The maximum absolute atomic E-state index is 12.9. The summed E-state index contributed by atoms with van der Waals surface area (Å²) in [5.41, 5.74) is 3.57. The van der Waals surface area contributed by atoms with Crippen molar-refractivity contribution >= 4 is 16.9 Å². The number of amides is 1. The highest BCUT2D eigenvalue weighted by molar-refractivity contribution is 5.79. The number of carbonyl (C=O) groups excluding carboxylic acids is 1. The molecule has 1 aromatic heterocycles. The molecule has 0 aliphatic carbocycles. The summed E-state index contributed by atoms with van der Waals surface area (Å²) in [4.78, 5) is 20.5. The van der Waals surface area contributed by atoms with Crippen LogP contribution in [-0.2, 0) is 9.53 Å². The SMILES string of the molecule is Cc1nc2ccccc2n1[C@@H]1C[C@H]2CC[C@@H](C1)N2CC[C@H](NC(=O)C1CCOC1)c1ccccc1. The van der Waals surface area contributed by atoms with Crippen LogP contribution in [0.25, 0.3) is 11.0 Å². The third-order valence-corrected chi connectivity index (χ3v) is 8.49. The molecule has 3 fully saturated rings. The van der Waals surface area contributed by atoms with Gasteiger partial charge in [0.15, 0.2) is 0 Å². The summed E-state index contributed by atoms with van der Waals surface area (Å²) in [5.74, 6) is 1.26. The summed E-state index contributed by atoms with van der Waals surface area (Å²) < 4.78 is 7.95. The molecule has 2 bridgehead atoms. The normalized spacial score (nSPS) is 27.3. The Morgan fingerprint density at radius 1 is 1.03 bits per heavy atom. The second-order valence-electron chi connectivity index (χ2n) is 10.6. The minimum Gasteiger partial charge on any atom is -0.381 e. The van der Waals surface area contributed by atoms with E-state index in [4.69, 9.17) is 9.72 Å². The lowest BCUT2D eigenvalue weighted by atomic mass is 9.95. The van der Waals surface area contributed by atoms with Gasteiger partial charge >= 0.3 is 0 Å². The highest BCUT2D eigenvalue weighted by atomic mass is 16.5. The first kappa shape index (κ1) is 22.7. The van der Waals surface area contributed by atoms with Gasteiger partial charge in [0.1, 0.15) is 5.82 Å². The van der Waals surface area contributed by atoms with Crippen LogP contribution in [0, 0.1) is 12.8 Å². The van der Waals surface area contributed by atoms with E-state index in [2.05, 4.69) is 70.2 Å². The first-order chi connectivity index (χ1) is 17.2. The van der Waals surface area contributed by atoms with Gasteiger partial charge in [0, 0.05) is 31.3 Å². The van der Waals surface area contributed by atoms with E-state index in [1.54, 1.807) is 0 Å². The molecular formula is C29H36N4O2. The predicted octanol–water partition coefficient (Wildman–Crippen LogP) is 4.80. The van der Waals surface area contributed by atoms with Crippen LogP contribution in [-0.4, -0.2) is 52.2 Å². The second-order valence-corrected chi connectivity index (χ2v) is 10.6. The fourth-order valence-corrected chi connectivity index (χ4v) is 6.76. The van der Waals surface area contributed by atoms with Crippen molar-refractivity contribution in [1.29, 1.82) is 0 Å². The number of ether oxygens (including phenoxy) is 1. The number of aromatic nitrogens is 2. The molecule has 1 unspecified atom stereocenters. The molecule has 184 valence electrons. The van der Waals surface area contributed by atoms with Gasteiger partial charge in [-0.05, 0) is 63.1 Å². The zero-order chi connectivity index (χ0) is 23.8. The molecule has 0 radical (unpaired) electrons. The molecule has 5 atom stereocenters. The molecule has 4 heterocycles. The Labute approximate surface area is 207 Å². The van der Waals surface area contributed by atoms with Crippen molar-refractivity contribution in [1.82, 2.24) is 19.8 Å². The van der Waals surface area contributed by atoms with Crippen molar-refractivity contribution in [2.45, 2.75) is 69.6 Å². The monoisotopic (exact) mass is 472 g/mol. The molecule has 6 heteroatoms. The van der Waals surface area contributed by atoms with Crippen molar-refractivity contribution in [3.05, 3.63) is 66.0 Å². The van der Waals surface area contributed by atoms with Gasteiger partial charge in [-0.1, -0.05) is 42.5 Å².